The highest BCUT2D eigenvalue weighted by Crippen LogP contribution is 2.17. The number of benzene rings is 1. The van der Waals surface area contributed by atoms with Gasteiger partial charge >= 0.3 is 6.09 Å². The molecule has 0 saturated heterocycles. The highest BCUT2D eigenvalue weighted by atomic mass is 127. The summed E-state index contributed by atoms with van der Waals surface area (Å²) in [5.41, 5.74) is 1.71. The third kappa shape index (κ3) is 9.02. The molecule has 1 atom stereocenters. The van der Waals surface area contributed by atoms with Gasteiger partial charge in [-0.05, 0) is 31.4 Å². The monoisotopic (exact) mass is 529 g/mol. The number of guanidine groups is 1. The van der Waals surface area contributed by atoms with Crippen LogP contribution in [-0.2, 0) is 11.3 Å². The van der Waals surface area contributed by atoms with Crippen molar-refractivity contribution < 1.29 is 13.9 Å². The van der Waals surface area contributed by atoms with Crippen LogP contribution < -0.4 is 16.0 Å². The Morgan fingerprint density at radius 1 is 1.23 bits per heavy atom. The Morgan fingerprint density at radius 2 is 1.97 bits per heavy atom. The molecule has 0 saturated carbocycles. The molecule has 0 aliphatic carbocycles. The highest BCUT2D eigenvalue weighted by Gasteiger charge is 2.15. The highest BCUT2D eigenvalue weighted by molar-refractivity contribution is 14.0. The maximum absolute atomic E-state index is 11.8. The molecule has 3 N–H and O–H groups in total. The Hall–Kier alpha value is -2.30. The smallest absolute Gasteiger partial charge is 0.407 e. The van der Waals surface area contributed by atoms with Crippen molar-refractivity contribution in [2.24, 2.45) is 10.9 Å². The minimum Gasteiger partial charge on any atom is -0.450 e. The molecule has 2 rings (SSSR count). The van der Waals surface area contributed by atoms with E-state index in [-0.39, 0.29) is 30.0 Å². The number of amides is 1. The van der Waals surface area contributed by atoms with E-state index in [0.717, 1.165) is 17.7 Å². The Labute approximate surface area is 195 Å². The maximum Gasteiger partial charge on any atom is 0.407 e. The lowest BCUT2D eigenvalue weighted by molar-refractivity contribution is 0.146. The van der Waals surface area contributed by atoms with Gasteiger partial charge in [-0.25, -0.2) is 9.78 Å². The van der Waals surface area contributed by atoms with Crippen LogP contribution >= 0.6 is 24.0 Å². The second-order valence-electron chi connectivity index (χ2n) is 7.01. The van der Waals surface area contributed by atoms with E-state index < -0.39 is 6.09 Å². The van der Waals surface area contributed by atoms with E-state index >= 15 is 0 Å². The molecular formula is C21H32IN5O3. The second kappa shape index (κ2) is 13.8. The molecule has 30 heavy (non-hydrogen) atoms. The summed E-state index contributed by atoms with van der Waals surface area (Å²) in [5.74, 6) is 1.64. The van der Waals surface area contributed by atoms with Gasteiger partial charge in [0.25, 0.3) is 0 Å². The minimum absolute atomic E-state index is 0. The first-order valence-corrected chi connectivity index (χ1v) is 9.89. The molecule has 0 fully saturated rings. The van der Waals surface area contributed by atoms with Gasteiger partial charge < -0.3 is 25.1 Å². The van der Waals surface area contributed by atoms with Gasteiger partial charge in [-0.1, -0.05) is 32.0 Å². The summed E-state index contributed by atoms with van der Waals surface area (Å²) in [7, 11) is 1.70. The quantitative estimate of drug-likeness (QED) is 0.260. The van der Waals surface area contributed by atoms with E-state index in [1.807, 2.05) is 30.3 Å². The number of nitrogens with zero attached hydrogens (tertiary/aromatic N) is 2. The van der Waals surface area contributed by atoms with Gasteiger partial charge in [0.1, 0.15) is 6.26 Å². The first kappa shape index (κ1) is 25.7. The van der Waals surface area contributed by atoms with E-state index in [2.05, 4.69) is 39.8 Å². The van der Waals surface area contributed by atoms with Gasteiger partial charge in [-0.2, -0.15) is 0 Å². The van der Waals surface area contributed by atoms with Crippen LogP contribution in [0, 0.1) is 5.92 Å². The Balaban J connectivity index is 0.00000450. The standard InChI is InChI=1S/C21H31N5O3.HI/c1-5-28-21(27)26-17(11-15(2)3)12-23-20(22-4)24-13-18-14-29-19(25-18)16-9-7-6-8-10-16;/h6-10,14-15,17H,5,11-13H2,1-4H3,(H,26,27)(H2,22,23,24);1H. The van der Waals surface area contributed by atoms with Crippen LogP contribution in [0.25, 0.3) is 11.5 Å². The number of carbonyl (C=O) groups is 1. The lowest BCUT2D eigenvalue weighted by Gasteiger charge is -2.22. The molecule has 8 nitrogen and oxygen atoms in total. The van der Waals surface area contributed by atoms with Crippen molar-refractivity contribution in [3.8, 4) is 11.5 Å². The van der Waals surface area contributed by atoms with E-state index in [1.54, 1.807) is 20.2 Å². The number of hydrogen-bond donors (Lipinski definition) is 3. The predicted molar refractivity (Wildman–Crippen MR) is 129 cm³/mol. The van der Waals surface area contributed by atoms with Crippen molar-refractivity contribution in [2.45, 2.75) is 39.8 Å². The summed E-state index contributed by atoms with van der Waals surface area (Å²) in [6.07, 6.45) is 2.05. The third-order valence-electron chi connectivity index (χ3n) is 4.10. The largest absolute Gasteiger partial charge is 0.450 e. The maximum atomic E-state index is 11.8. The van der Waals surface area contributed by atoms with Crippen LogP contribution in [0.15, 0.2) is 46.0 Å². The molecule has 0 aliphatic rings. The van der Waals surface area contributed by atoms with Crippen LogP contribution in [0.3, 0.4) is 0 Å². The van der Waals surface area contributed by atoms with Gasteiger partial charge in [0.05, 0.1) is 18.8 Å². The summed E-state index contributed by atoms with van der Waals surface area (Å²) in [5, 5.41) is 9.34. The van der Waals surface area contributed by atoms with Crippen LogP contribution in [0.2, 0.25) is 0 Å². The molecular weight excluding hydrogens is 497 g/mol. The van der Waals surface area contributed by atoms with Crippen molar-refractivity contribution in [3.63, 3.8) is 0 Å². The fourth-order valence-electron chi connectivity index (χ4n) is 2.82. The van der Waals surface area contributed by atoms with E-state index in [9.17, 15) is 4.79 Å². The summed E-state index contributed by atoms with van der Waals surface area (Å²) in [4.78, 5) is 20.5. The number of halogens is 1. The van der Waals surface area contributed by atoms with Crippen LogP contribution in [0.4, 0.5) is 4.79 Å². The topological polar surface area (TPSA) is 101 Å². The Morgan fingerprint density at radius 3 is 2.60 bits per heavy atom. The Bertz CT molecular complexity index is 780. The molecule has 1 heterocycles. The Kier molecular flexibility index (Phi) is 11.9. The summed E-state index contributed by atoms with van der Waals surface area (Å²) in [6, 6.07) is 9.68. The number of alkyl carbamates (subject to hydrolysis) is 1. The summed E-state index contributed by atoms with van der Waals surface area (Å²) in [6.45, 7) is 7.36. The molecule has 166 valence electrons. The van der Waals surface area contributed by atoms with Gasteiger partial charge in [0.15, 0.2) is 5.96 Å². The number of aromatic nitrogens is 1. The summed E-state index contributed by atoms with van der Waals surface area (Å²) < 4.78 is 10.5. The normalized spacial score (nSPS) is 12.1. The first-order chi connectivity index (χ1) is 14.0. The fourth-order valence-corrected chi connectivity index (χ4v) is 2.82. The zero-order valence-electron chi connectivity index (χ0n) is 18.0. The number of nitrogens with one attached hydrogen (secondary N) is 3. The SMILES string of the molecule is CCOC(=O)NC(CNC(=NC)NCc1coc(-c2ccccc2)n1)CC(C)C.I. The number of hydrogen-bond acceptors (Lipinski definition) is 5. The average molecular weight is 529 g/mol. The molecule has 1 amide bonds. The van der Waals surface area contributed by atoms with E-state index in [0.29, 0.717) is 37.5 Å². The van der Waals surface area contributed by atoms with Crippen LogP contribution in [0.1, 0.15) is 32.9 Å². The molecule has 9 heteroatoms. The van der Waals surface area contributed by atoms with Crippen molar-refractivity contribution in [3.05, 3.63) is 42.3 Å². The average Bonchev–Trinajstić information content (AvgIpc) is 3.17. The first-order valence-electron chi connectivity index (χ1n) is 9.89. The molecule has 0 radical (unpaired) electrons. The number of aliphatic imine (C=N–C) groups is 1. The number of rotatable bonds is 9. The van der Waals surface area contributed by atoms with Gasteiger partial charge in [-0.15, -0.1) is 24.0 Å². The minimum atomic E-state index is -0.404. The lowest BCUT2D eigenvalue weighted by atomic mass is 10.0. The molecule has 0 aliphatic heterocycles. The van der Waals surface area contributed by atoms with Crippen LogP contribution in [0.5, 0.6) is 0 Å². The molecule has 0 spiro atoms. The molecule has 2 aromatic rings. The lowest BCUT2D eigenvalue weighted by Crippen LogP contribution is -2.47. The zero-order valence-corrected chi connectivity index (χ0v) is 20.3. The third-order valence-corrected chi connectivity index (χ3v) is 4.10. The fraction of sp³-hybridized carbons (Fsp3) is 0.476. The van der Waals surface area contributed by atoms with Crippen molar-refractivity contribution >= 4 is 36.0 Å². The van der Waals surface area contributed by atoms with E-state index in [4.69, 9.17) is 9.15 Å². The molecule has 0 bridgehead atoms. The zero-order chi connectivity index (χ0) is 21.1. The molecule has 1 aromatic heterocycles. The van der Waals surface area contributed by atoms with E-state index in [1.165, 1.54) is 0 Å². The summed E-state index contributed by atoms with van der Waals surface area (Å²) >= 11 is 0. The van der Waals surface area contributed by atoms with Crippen LogP contribution in [-0.4, -0.2) is 43.3 Å². The predicted octanol–water partition coefficient (Wildman–Crippen LogP) is 3.79. The van der Waals surface area contributed by atoms with Gasteiger partial charge in [-0.3, -0.25) is 4.99 Å². The van der Waals surface area contributed by atoms with Crippen molar-refractivity contribution in [2.75, 3.05) is 20.2 Å². The second-order valence-corrected chi connectivity index (χ2v) is 7.01. The van der Waals surface area contributed by atoms with Gasteiger partial charge in [0, 0.05) is 25.2 Å². The molecule has 1 aromatic carbocycles. The molecule has 1 unspecified atom stereocenters. The van der Waals surface area contributed by atoms with Crippen molar-refractivity contribution in [1.82, 2.24) is 20.9 Å². The number of carbonyl (C=O) groups excluding carboxylic acids is 1. The van der Waals surface area contributed by atoms with Gasteiger partial charge in [0.2, 0.25) is 5.89 Å². The van der Waals surface area contributed by atoms with Crippen molar-refractivity contribution in [1.29, 1.82) is 0 Å². The number of oxazole rings is 1. The number of ether oxygens (including phenoxy) is 1.